The van der Waals surface area contributed by atoms with Crippen LogP contribution in [-0.4, -0.2) is 25.2 Å². The van der Waals surface area contributed by atoms with Crippen LogP contribution in [0.3, 0.4) is 0 Å². The number of rotatable bonds is 8. The lowest BCUT2D eigenvalue weighted by Gasteiger charge is -2.18. The first-order valence-electron chi connectivity index (χ1n) is 11.5. The highest BCUT2D eigenvalue weighted by molar-refractivity contribution is 14.1. The quantitative estimate of drug-likeness (QED) is 0.0865. The summed E-state index contributed by atoms with van der Waals surface area (Å²) in [6, 6.07) is 31.0. The number of carbonyl (C=O) groups excluding carboxylic acids is 2. The third kappa shape index (κ3) is 5.67. The largest absolute Gasteiger partial charge is 0.481 e. The van der Waals surface area contributed by atoms with Gasteiger partial charge in [-0.05, 0) is 52.9 Å². The summed E-state index contributed by atoms with van der Waals surface area (Å²) in [6.45, 7) is -0.550. The lowest BCUT2D eigenvalue weighted by molar-refractivity contribution is -0.137. The second kappa shape index (κ2) is 11.3. The Bertz CT molecular complexity index is 1570. The Morgan fingerprint density at radius 3 is 1.57 bits per heavy atom. The molecule has 0 radical (unpaired) electrons. The number of hydrogen-bond donors (Lipinski definition) is 0. The summed E-state index contributed by atoms with van der Waals surface area (Å²) in [4.78, 5) is 25.0. The highest BCUT2D eigenvalue weighted by atomic mass is 127. The molecule has 0 unspecified atom stereocenters. The van der Waals surface area contributed by atoms with E-state index in [2.05, 4.69) is 22.6 Å². The van der Waals surface area contributed by atoms with E-state index in [0.29, 0.717) is 23.0 Å². The molecule has 6 nitrogen and oxygen atoms in total. The van der Waals surface area contributed by atoms with Crippen molar-refractivity contribution >= 4 is 56.1 Å². The van der Waals surface area contributed by atoms with Gasteiger partial charge in [0, 0.05) is 25.1 Å². The maximum atomic E-state index is 12.5. The highest BCUT2D eigenvalue weighted by Crippen LogP contribution is 2.44. The standard InChI is InChI=1S/C30H21IO6/c31-25-17-9-16-24-28(25)30(35-19-27(33)37-21-12-5-2-6-13-21)23-15-8-7-14-22(23)29(24)34-18-26(32)36-20-10-3-1-4-11-20/h1-17H,18-19H2. The monoisotopic (exact) mass is 604 g/mol. The molecule has 5 aromatic rings. The zero-order valence-electron chi connectivity index (χ0n) is 19.6. The van der Waals surface area contributed by atoms with Crippen LogP contribution >= 0.6 is 22.6 Å². The van der Waals surface area contributed by atoms with Crippen molar-refractivity contribution in [3.8, 4) is 23.0 Å². The van der Waals surface area contributed by atoms with Crippen LogP contribution in [-0.2, 0) is 9.59 Å². The van der Waals surface area contributed by atoms with Crippen LogP contribution in [0.1, 0.15) is 0 Å². The molecule has 184 valence electrons. The Labute approximate surface area is 226 Å². The molecule has 0 saturated carbocycles. The van der Waals surface area contributed by atoms with E-state index in [-0.39, 0.29) is 13.2 Å². The van der Waals surface area contributed by atoms with Gasteiger partial charge in [0.2, 0.25) is 0 Å². The van der Waals surface area contributed by atoms with Gasteiger partial charge in [-0.1, -0.05) is 72.8 Å². The van der Waals surface area contributed by atoms with Crippen LogP contribution in [0.4, 0.5) is 0 Å². The molecule has 0 N–H and O–H groups in total. The van der Waals surface area contributed by atoms with Gasteiger partial charge in [-0.2, -0.15) is 0 Å². The van der Waals surface area contributed by atoms with Crippen LogP contribution < -0.4 is 18.9 Å². The molecule has 0 amide bonds. The lowest BCUT2D eigenvalue weighted by atomic mass is 10.0. The van der Waals surface area contributed by atoms with E-state index in [1.54, 1.807) is 48.5 Å². The molecule has 0 aliphatic heterocycles. The van der Waals surface area contributed by atoms with Gasteiger partial charge >= 0.3 is 11.9 Å². The Kier molecular flexibility index (Phi) is 7.51. The predicted octanol–water partition coefficient (Wildman–Crippen LogP) is 6.57. The van der Waals surface area contributed by atoms with E-state index in [4.69, 9.17) is 18.9 Å². The molecule has 0 bridgehead atoms. The Morgan fingerprint density at radius 2 is 1.00 bits per heavy atom. The molecule has 0 aromatic heterocycles. The maximum absolute atomic E-state index is 12.5. The van der Waals surface area contributed by atoms with Crippen LogP contribution in [0, 0.1) is 3.57 Å². The summed E-state index contributed by atoms with van der Waals surface area (Å²) in [6.07, 6.45) is 0. The van der Waals surface area contributed by atoms with Crippen LogP contribution in [0.2, 0.25) is 0 Å². The molecule has 5 aromatic carbocycles. The maximum Gasteiger partial charge on any atom is 0.349 e. The van der Waals surface area contributed by atoms with Crippen molar-refractivity contribution in [2.75, 3.05) is 13.2 Å². The van der Waals surface area contributed by atoms with Gasteiger partial charge in [-0.15, -0.1) is 0 Å². The van der Waals surface area contributed by atoms with Crippen molar-refractivity contribution in [1.82, 2.24) is 0 Å². The topological polar surface area (TPSA) is 71.1 Å². The normalized spacial score (nSPS) is 10.7. The molecule has 5 rings (SSSR count). The van der Waals surface area contributed by atoms with Crippen molar-refractivity contribution in [2.45, 2.75) is 0 Å². The fraction of sp³-hybridized carbons (Fsp3) is 0.0667. The SMILES string of the molecule is O=C(COc1c2ccccc2c(OCC(=O)Oc2ccccc2)c2c(I)cccc12)Oc1ccccc1. The fourth-order valence-electron chi connectivity index (χ4n) is 3.97. The van der Waals surface area contributed by atoms with Gasteiger partial charge in [0.25, 0.3) is 0 Å². The third-order valence-corrected chi connectivity index (χ3v) is 6.42. The molecule has 0 atom stereocenters. The summed E-state index contributed by atoms with van der Waals surface area (Å²) in [5.41, 5.74) is 0. The summed E-state index contributed by atoms with van der Waals surface area (Å²) in [7, 11) is 0. The van der Waals surface area contributed by atoms with E-state index in [0.717, 1.165) is 25.1 Å². The van der Waals surface area contributed by atoms with E-state index in [1.807, 2.05) is 54.6 Å². The van der Waals surface area contributed by atoms with Gasteiger partial charge in [0.15, 0.2) is 13.2 Å². The highest BCUT2D eigenvalue weighted by Gasteiger charge is 2.20. The van der Waals surface area contributed by atoms with Crippen LogP contribution in [0.25, 0.3) is 21.5 Å². The number of benzene rings is 5. The van der Waals surface area contributed by atoms with Crippen molar-refractivity contribution in [1.29, 1.82) is 0 Å². The van der Waals surface area contributed by atoms with Gasteiger partial charge < -0.3 is 18.9 Å². The summed E-state index contributed by atoms with van der Waals surface area (Å²) in [5, 5.41) is 3.03. The number of carbonyl (C=O) groups is 2. The van der Waals surface area contributed by atoms with Gasteiger partial charge in [0.1, 0.15) is 23.0 Å². The first-order valence-corrected chi connectivity index (χ1v) is 12.6. The molecule has 0 aliphatic rings. The van der Waals surface area contributed by atoms with E-state index >= 15 is 0 Å². The van der Waals surface area contributed by atoms with Gasteiger partial charge in [0.05, 0.1) is 0 Å². The van der Waals surface area contributed by atoms with Gasteiger partial charge in [-0.3, -0.25) is 0 Å². The molecule has 7 heteroatoms. The number of halogens is 1. The van der Waals surface area contributed by atoms with E-state index < -0.39 is 11.9 Å². The minimum absolute atomic E-state index is 0.275. The molecule has 0 fully saturated rings. The zero-order chi connectivity index (χ0) is 25.6. The average molecular weight is 604 g/mol. The first-order chi connectivity index (χ1) is 18.1. The summed E-state index contributed by atoms with van der Waals surface area (Å²) >= 11 is 2.22. The summed E-state index contributed by atoms with van der Waals surface area (Å²) in [5.74, 6) is 0.947. The summed E-state index contributed by atoms with van der Waals surface area (Å²) < 4.78 is 23.8. The Morgan fingerprint density at radius 1 is 0.541 bits per heavy atom. The molecule has 0 heterocycles. The number of hydrogen-bond acceptors (Lipinski definition) is 6. The van der Waals surface area contributed by atoms with E-state index in [9.17, 15) is 9.59 Å². The van der Waals surface area contributed by atoms with Crippen molar-refractivity contribution in [2.24, 2.45) is 0 Å². The number of esters is 2. The van der Waals surface area contributed by atoms with Gasteiger partial charge in [-0.25, -0.2) is 9.59 Å². The lowest BCUT2D eigenvalue weighted by Crippen LogP contribution is -2.19. The zero-order valence-corrected chi connectivity index (χ0v) is 21.7. The third-order valence-electron chi connectivity index (χ3n) is 5.52. The number of ether oxygens (including phenoxy) is 4. The van der Waals surface area contributed by atoms with Crippen LogP contribution in [0.5, 0.6) is 23.0 Å². The molecule has 0 saturated heterocycles. The molecule has 0 aliphatic carbocycles. The number of fused-ring (bicyclic) bond motifs is 2. The minimum Gasteiger partial charge on any atom is -0.481 e. The second-order valence-corrected chi connectivity index (χ2v) is 9.18. The average Bonchev–Trinajstić information content (AvgIpc) is 2.92. The first kappa shape index (κ1) is 24.6. The molecular weight excluding hydrogens is 583 g/mol. The fourth-order valence-corrected chi connectivity index (χ4v) is 4.71. The second-order valence-electron chi connectivity index (χ2n) is 8.02. The molecule has 37 heavy (non-hydrogen) atoms. The Balaban J connectivity index is 1.46. The predicted molar refractivity (Wildman–Crippen MR) is 149 cm³/mol. The molecule has 0 spiro atoms. The van der Waals surface area contributed by atoms with Crippen molar-refractivity contribution in [3.63, 3.8) is 0 Å². The Hall–Kier alpha value is -4.11. The van der Waals surface area contributed by atoms with Crippen molar-refractivity contribution in [3.05, 3.63) is 107 Å². The van der Waals surface area contributed by atoms with E-state index in [1.165, 1.54) is 0 Å². The van der Waals surface area contributed by atoms with Crippen molar-refractivity contribution < 1.29 is 28.5 Å². The minimum atomic E-state index is -0.516. The number of para-hydroxylation sites is 2. The van der Waals surface area contributed by atoms with Crippen LogP contribution in [0.15, 0.2) is 103 Å². The smallest absolute Gasteiger partial charge is 0.349 e. The molecular formula is C30H21IO6.